The summed E-state index contributed by atoms with van der Waals surface area (Å²) in [6.07, 6.45) is 12.2. The fraction of sp³-hybridized carbons (Fsp3) is 0.579. The van der Waals surface area contributed by atoms with Crippen LogP contribution >= 0.6 is 0 Å². The van der Waals surface area contributed by atoms with Gasteiger partial charge >= 0.3 is 0 Å². The summed E-state index contributed by atoms with van der Waals surface area (Å²) in [5.74, 6) is 1.57. The Morgan fingerprint density at radius 1 is 1.16 bits per heavy atom. The summed E-state index contributed by atoms with van der Waals surface area (Å²) in [6, 6.07) is 10.9. The highest BCUT2D eigenvalue weighted by Crippen LogP contribution is 2.35. The third kappa shape index (κ3) is 4.23. The summed E-state index contributed by atoms with van der Waals surface area (Å²) in [6.45, 7) is 4.65. The van der Waals surface area contributed by atoms with Crippen molar-refractivity contribution in [3.8, 4) is 0 Å². The molecule has 0 spiro atoms. The van der Waals surface area contributed by atoms with E-state index in [2.05, 4.69) is 50.3 Å². The first-order valence-electron chi connectivity index (χ1n) is 8.05. The van der Waals surface area contributed by atoms with Gasteiger partial charge in [-0.25, -0.2) is 0 Å². The zero-order chi connectivity index (χ0) is 13.5. The highest BCUT2D eigenvalue weighted by Gasteiger charge is 2.18. The summed E-state index contributed by atoms with van der Waals surface area (Å²) in [5, 5.41) is 0. The first-order valence-corrected chi connectivity index (χ1v) is 8.05. The third-order valence-corrected chi connectivity index (χ3v) is 4.63. The van der Waals surface area contributed by atoms with E-state index in [0.29, 0.717) is 5.92 Å². The number of hydrogen-bond acceptors (Lipinski definition) is 0. The van der Waals surface area contributed by atoms with Crippen molar-refractivity contribution >= 4 is 0 Å². The van der Waals surface area contributed by atoms with Crippen molar-refractivity contribution < 1.29 is 0 Å². The molecule has 0 heterocycles. The van der Waals surface area contributed by atoms with Crippen LogP contribution in [0.5, 0.6) is 0 Å². The summed E-state index contributed by atoms with van der Waals surface area (Å²) in [7, 11) is 0. The molecule has 2 atom stereocenters. The van der Waals surface area contributed by atoms with Crippen LogP contribution in [0.2, 0.25) is 0 Å². The molecule has 1 aliphatic rings. The summed E-state index contributed by atoms with van der Waals surface area (Å²) >= 11 is 0. The van der Waals surface area contributed by atoms with Crippen molar-refractivity contribution in [2.75, 3.05) is 0 Å². The van der Waals surface area contributed by atoms with E-state index in [0.717, 1.165) is 5.92 Å². The molecule has 0 N–H and O–H groups in total. The summed E-state index contributed by atoms with van der Waals surface area (Å²) < 4.78 is 0. The molecular formula is C19H28. The quantitative estimate of drug-likeness (QED) is 0.426. The Kier molecular flexibility index (Phi) is 5.69. The van der Waals surface area contributed by atoms with E-state index in [1.54, 1.807) is 5.57 Å². The zero-order valence-electron chi connectivity index (χ0n) is 12.6. The largest absolute Gasteiger partial charge is 0.0844 e. The van der Waals surface area contributed by atoms with Crippen molar-refractivity contribution in [2.45, 2.75) is 64.7 Å². The Balaban J connectivity index is 1.86. The van der Waals surface area contributed by atoms with Crippen molar-refractivity contribution in [1.29, 1.82) is 0 Å². The van der Waals surface area contributed by atoms with Crippen LogP contribution in [0.4, 0.5) is 0 Å². The van der Waals surface area contributed by atoms with Crippen molar-refractivity contribution in [2.24, 2.45) is 5.92 Å². The lowest BCUT2D eigenvalue weighted by molar-refractivity contribution is 0.411. The van der Waals surface area contributed by atoms with Gasteiger partial charge in [0, 0.05) is 5.92 Å². The number of hydrogen-bond donors (Lipinski definition) is 0. The third-order valence-electron chi connectivity index (χ3n) is 4.63. The Morgan fingerprint density at radius 3 is 2.58 bits per heavy atom. The first-order chi connectivity index (χ1) is 9.31. The molecule has 0 radical (unpaired) electrons. The topological polar surface area (TPSA) is 0 Å². The van der Waals surface area contributed by atoms with Gasteiger partial charge in [0.05, 0.1) is 0 Å². The van der Waals surface area contributed by atoms with Gasteiger partial charge in [0.25, 0.3) is 0 Å². The highest BCUT2D eigenvalue weighted by molar-refractivity contribution is 5.28. The van der Waals surface area contributed by atoms with Crippen LogP contribution in [0, 0.1) is 5.92 Å². The van der Waals surface area contributed by atoms with Gasteiger partial charge < -0.3 is 0 Å². The number of rotatable bonds is 6. The zero-order valence-corrected chi connectivity index (χ0v) is 12.6. The van der Waals surface area contributed by atoms with E-state index in [4.69, 9.17) is 0 Å². The van der Waals surface area contributed by atoms with Crippen LogP contribution in [0.3, 0.4) is 0 Å². The minimum atomic E-state index is 0.609. The second-order valence-corrected chi connectivity index (χ2v) is 6.05. The molecule has 104 valence electrons. The van der Waals surface area contributed by atoms with E-state index in [1.165, 1.54) is 50.5 Å². The van der Waals surface area contributed by atoms with Crippen LogP contribution in [0.15, 0.2) is 42.0 Å². The number of allylic oxidation sites excluding steroid dienone is 2. The molecule has 0 fully saturated rings. The molecule has 0 aliphatic heterocycles. The van der Waals surface area contributed by atoms with Crippen LogP contribution in [-0.2, 0) is 0 Å². The molecule has 0 bridgehead atoms. The molecule has 0 amide bonds. The fourth-order valence-electron chi connectivity index (χ4n) is 3.20. The molecule has 2 rings (SSSR count). The van der Waals surface area contributed by atoms with Crippen LogP contribution < -0.4 is 0 Å². The maximum atomic E-state index is 2.54. The molecule has 0 saturated carbocycles. The van der Waals surface area contributed by atoms with E-state index >= 15 is 0 Å². The molecule has 1 aliphatic carbocycles. The molecule has 19 heavy (non-hydrogen) atoms. The second-order valence-electron chi connectivity index (χ2n) is 6.05. The molecule has 0 nitrogen and oxygen atoms in total. The average Bonchev–Trinajstić information content (AvgIpc) is 2.48. The van der Waals surface area contributed by atoms with E-state index in [1.807, 2.05) is 0 Å². The maximum absolute atomic E-state index is 2.54. The second kappa shape index (κ2) is 7.53. The molecule has 0 aromatic heterocycles. The SMILES string of the molecule is CCCCCC1CC=C(C(C)c2ccccc2)CC1. The van der Waals surface area contributed by atoms with Gasteiger partial charge in [-0.1, -0.05) is 81.5 Å². The van der Waals surface area contributed by atoms with Crippen molar-refractivity contribution in [1.82, 2.24) is 0 Å². The van der Waals surface area contributed by atoms with E-state index in [9.17, 15) is 0 Å². The number of unbranched alkanes of at least 4 members (excludes halogenated alkanes) is 2. The molecule has 2 unspecified atom stereocenters. The summed E-state index contributed by atoms with van der Waals surface area (Å²) in [4.78, 5) is 0. The lowest BCUT2D eigenvalue weighted by Gasteiger charge is -2.25. The van der Waals surface area contributed by atoms with Gasteiger partial charge in [0.1, 0.15) is 0 Å². The van der Waals surface area contributed by atoms with Crippen LogP contribution in [0.25, 0.3) is 0 Å². The molecule has 0 saturated heterocycles. The van der Waals surface area contributed by atoms with Gasteiger partial charge in [0.15, 0.2) is 0 Å². The summed E-state index contributed by atoms with van der Waals surface area (Å²) in [5.41, 5.74) is 3.14. The Labute approximate surface area is 118 Å². The Bertz CT molecular complexity index is 388. The molecular weight excluding hydrogens is 228 g/mol. The van der Waals surface area contributed by atoms with Gasteiger partial charge in [0.2, 0.25) is 0 Å². The van der Waals surface area contributed by atoms with E-state index < -0.39 is 0 Å². The van der Waals surface area contributed by atoms with Crippen molar-refractivity contribution in [3.63, 3.8) is 0 Å². The van der Waals surface area contributed by atoms with Crippen LogP contribution in [-0.4, -0.2) is 0 Å². The van der Waals surface area contributed by atoms with Gasteiger partial charge in [-0.3, -0.25) is 0 Å². The first kappa shape index (κ1) is 14.4. The Hall–Kier alpha value is -1.04. The molecule has 1 aromatic carbocycles. The maximum Gasteiger partial charge on any atom is 0.00198 e. The average molecular weight is 256 g/mol. The minimum absolute atomic E-state index is 0.609. The lowest BCUT2D eigenvalue weighted by atomic mass is 9.80. The minimum Gasteiger partial charge on any atom is -0.0844 e. The molecule has 0 heteroatoms. The fourth-order valence-corrected chi connectivity index (χ4v) is 3.20. The smallest absolute Gasteiger partial charge is 0.00198 e. The normalized spacial score (nSPS) is 20.9. The van der Waals surface area contributed by atoms with Gasteiger partial charge in [-0.05, 0) is 30.7 Å². The van der Waals surface area contributed by atoms with Gasteiger partial charge in [-0.15, -0.1) is 0 Å². The molecule has 1 aromatic rings. The van der Waals surface area contributed by atoms with E-state index in [-0.39, 0.29) is 0 Å². The predicted molar refractivity (Wildman–Crippen MR) is 84.4 cm³/mol. The monoisotopic (exact) mass is 256 g/mol. The number of benzene rings is 1. The lowest BCUT2D eigenvalue weighted by Crippen LogP contribution is -2.09. The predicted octanol–water partition coefficient (Wildman–Crippen LogP) is 6.10. The van der Waals surface area contributed by atoms with Gasteiger partial charge in [-0.2, -0.15) is 0 Å². The van der Waals surface area contributed by atoms with Crippen LogP contribution in [0.1, 0.15) is 70.3 Å². The standard InChI is InChI=1S/C19H28/c1-3-4-6-9-17-12-14-19(15-13-17)16(2)18-10-7-5-8-11-18/h5,7-8,10-11,14,16-17H,3-4,6,9,12-13,15H2,1-2H3. The van der Waals surface area contributed by atoms with Crippen molar-refractivity contribution in [3.05, 3.63) is 47.5 Å². The Morgan fingerprint density at radius 2 is 1.95 bits per heavy atom. The highest BCUT2D eigenvalue weighted by atomic mass is 14.2.